The van der Waals surface area contributed by atoms with Gasteiger partial charge in [0, 0.05) is 6.42 Å². The van der Waals surface area contributed by atoms with Crippen molar-refractivity contribution in [2.45, 2.75) is 167 Å². The third-order valence-corrected chi connectivity index (χ3v) is 9.68. The van der Waals surface area contributed by atoms with E-state index in [2.05, 4.69) is 60.8 Å². The highest BCUT2D eigenvalue weighted by Gasteiger charge is 2.31. The Labute approximate surface area is 312 Å². The number of aliphatic hydroxyl groups is 2. The standard InChI is InChI=1S/C41H77N2O7P/c1-6-8-10-12-14-16-18-20-21-22-24-26-28-30-32-34-40(45)42-38(37-50-51(47,48)49-36-35-43(3,4)5)41(46)39(44)33-31-29-27-25-23-19-17-15-13-11-9-7-2/h7,9,15,17,20-21,25,27,38-39,41,44,46H,6,8,10-14,16,18-19,22-24,26,28-37H2,1-5H3,(H-,42,45,47,48)/p+1/b9-7+,17-15+,21-20-,27-25+. The lowest BCUT2D eigenvalue weighted by Crippen LogP contribution is -2.51. The molecule has 51 heavy (non-hydrogen) atoms. The van der Waals surface area contributed by atoms with Gasteiger partial charge >= 0.3 is 7.82 Å². The number of hydrogen-bond donors (Lipinski definition) is 4. The number of carbonyl (C=O) groups excluding carboxylic acids is 1. The van der Waals surface area contributed by atoms with Crippen molar-refractivity contribution in [3.8, 4) is 0 Å². The molecule has 0 rings (SSSR count). The van der Waals surface area contributed by atoms with Crippen molar-refractivity contribution < 1.29 is 38.0 Å². The van der Waals surface area contributed by atoms with Gasteiger partial charge < -0.3 is 24.9 Å². The summed E-state index contributed by atoms with van der Waals surface area (Å²) < 4.78 is 23.4. The van der Waals surface area contributed by atoms with Gasteiger partial charge in [-0.15, -0.1) is 0 Å². The smallest absolute Gasteiger partial charge is 0.390 e. The van der Waals surface area contributed by atoms with E-state index in [9.17, 15) is 24.5 Å². The number of allylic oxidation sites excluding steroid dienone is 8. The van der Waals surface area contributed by atoms with Crippen LogP contribution in [0.5, 0.6) is 0 Å². The highest BCUT2D eigenvalue weighted by atomic mass is 31.2. The second kappa shape index (κ2) is 33.0. The summed E-state index contributed by atoms with van der Waals surface area (Å²) in [5.41, 5.74) is 0. The predicted octanol–water partition coefficient (Wildman–Crippen LogP) is 9.49. The highest BCUT2D eigenvalue weighted by molar-refractivity contribution is 7.47. The average Bonchev–Trinajstić information content (AvgIpc) is 3.07. The second-order valence-electron chi connectivity index (χ2n) is 14.8. The fourth-order valence-electron chi connectivity index (χ4n) is 5.41. The Hall–Kier alpha value is -1.58. The van der Waals surface area contributed by atoms with Crippen LogP contribution in [0.15, 0.2) is 48.6 Å². The molecule has 4 unspecified atom stereocenters. The van der Waals surface area contributed by atoms with Gasteiger partial charge in [-0.1, -0.05) is 107 Å². The number of phosphoric acid groups is 1. The summed E-state index contributed by atoms with van der Waals surface area (Å²) in [7, 11) is 1.39. The molecule has 0 aromatic heterocycles. The van der Waals surface area contributed by atoms with E-state index in [1.807, 2.05) is 28.1 Å². The van der Waals surface area contributed by atoms with E-state index in [1.54, 1.807) is 0 Å². The Bertz CT molecular complexity index is 993. The number of likely N-dealkylation sites (N-methyl/N-ethyl adjacent to an activating group) is 1. The fourth-order valence-corrected chi connectivity index (χ4v) is 6.15. The molecule has 0 heterocycles. The van der Waals surface area contributed by atoms with Gasteiger partial charge in [0.05, 0.1) is 39.9 Å². The van der Waals surface area contributed by atoms with Crippen LogP contribution in [0.3, 0.4) is 0 Å². The molecule has 4 N–H and O–H groups in total. The maximum Gasteiger partial charge on any atom is 0.472 e. The molecule has 0 aliphatic rings. The van der Waals surface area contributed by atoms with Gasteiger partial charge in [-0.3, -0.25) is 13.8 Å². The molecule has 0 saturated carbocycles. The predicted molar refractivity (Wildman–Crippen MR) is 213 cm³/mol. The van der Waals surface area contributed by atoms with Gasteiger partial charge in [-0.05, 0) is 84.0 Å². The van der Waals surface area contributed by atoms with Crippen LogP contribution in [0.2, 0.25) is 0 Å². The first-order valence-electron chi connectivity index (χ1n) is 20.1. The van der Waals surface area contributed by atoms with Gasteiger partial charge in [0.1, 0.15) is 19.3 Å². The largest absolute Gasteiger partial charge is 0.472 e. The molecule has 1 amide bonds. The fraction of sp³-hybridized carbons (Fsp3) is 0.780. The van der Waals surface area contributed by atoms with E-state index in [0.717, 1.165) is 64.2 Å². The minimum Gasteiger partial charge on any atom is -0.390 e. The maximum atomic E-state index is 12.8. The first kappa shape index (κ1) is 49.4. The number of nitrogens with zero attached hydrogens (tertiary/aromatic N) is 1. The third-order valence-electron chi connectivity index (χ3n) is 8.69. The Balaban J connectivity index is 4.66. The van der Waals surface area contributed by atoms with E-state index in [4.69, 9.17) is 9.05 Å². The molecule has 10 heteroatoms. The molecule has 0 spiro atoms. The highest BCUT2D eigenvalue weighted by Crippen LogP contribution is 2.43. The van der Waals surface area contributed by atoms with E-state index >= 15 is 0 Å². The van der Waals surface area contributed by atoms with Crippen molar-refractivity contribution in [3.05, 3.63) is 48.6 Å². The Kier molecular flexibility index (Phi) is 32.0. The van der Waals surface area contributed by atoms with Crippen LogP contribution in [0.1, 0.15) is 149 Å². The number of phosphoric ester groups is 1. The van der Waals surface area contributed by atoms with E-state index in [1.165, 1.54) is 44.9 Å². The third kappa shape index (κ3) is 34.0. The first-order valence-corrected chi connectivity index (χ1v) is 21.5. The minimum atomic E-state index is -4.42. The molecule has 298 valence electrons. The Morgan fingerprint density at radius 2 is 1.20 bits per heavy atom. The lowest BCUT2D eigenvalue weighted by atomic mass is 10.0. The molecule has 0 aromatic rings. The number of nitrogens with one attached hydrogen (secondary N) is 1. The van der Waals surface area contributed by atoms with E-state index in [-0.39, 0.29) is 18.9 Å². The molecule has 0 fully saturated rings. The van der Waals surface area contributed by atoms with Crippen molar-refractivity contribution in [2.75, 3.05) is 40.9 Å². The van der Waals surface area contributed by atoms with Crippen LogP contribution in [0.4, 0.5) is 0 Å². The van der Waals surface area contributed by atoms with Crippen molar-refractivity contribution in [2.24, 2.45) is 0 Å². The Morgan fingerprint density at radius 3 is 1.75 bits per heavy atom. The van der Waals surface area contributed by atoms with Crippen LogP contribution in [0, 0.1) is 0 Å². The maximum absolute atomic E-state index is 12.8. The first-order chi connectivity index (χ1) is 24.4. The van der Waals surface area contributed by atoms with Gasteiger partial charge in [-0.2, -0.15) is 0 Å². The monoisotopic (exact) mass is 742 g/mol. The van der Waals surface area contributed by atoms with Gasteiger partial charge in [0.2, 0.25) is 5.91 Å². The van der Waals surface area contributed by atoms with Gasteiger partial charge in [0.15, 0.2) is 0 Å². The van der Waals surface area contributed by atoms with Crippen molar-refractivity contribution in [1.82, 2.24) is 5.32 Å². The SMILES string of the molecule is C/C=C/CC/C=C/CC/C=C/CCCC(O)C(O)C(COP(=O)(O)OCC[N+](C)(C)C)NC(=O)CCCCCCC/C=C\CCCCCCCC. The molecular weight excluding hydrogens is 663 g/mol. The van der Waals surface area contributed by atoms with Crippen LogP contribution in [0.25, 0.3) is 0 Å². The number of unbranched alkanes of at least 4 members (excludes halogenated alkanes) is 14. The minimum absolute atomic E-state index is 0.00925. The van der Waals surface area contributed by atoms with Crippen LogP contribution >= 0.6 is 7.82 Å². The normalized spacial score (nSPS) is 15.7. The molecule has 0 radical (unpaired) electrons. The van der Waals surface area contributed by atoms with Crippen molar-refractivity contribution in [3.63, 3.8) is 0 Å². The van der Waals surface area contributed by atoms with Gasteiger partial charge in [0.25, 0.3) is 0 Å². The molecule has 0 bridgehead atoms. The summed E-state index contributed by atoms with van der Waals surface area (Å²) in [6.07, 6.45) is 36.1. The lowest BCUT2D eigenvalue weighted by Gasteiger charge is -2.28. The number of quaternary nitrogens is 1. The summed E-state index contributed by atoms with van der Waals surface area (Å²) in [4.78, 5) is 23.1. The topological polar surface area (TPSA) is 125 Å². The summed E-state index contributed by atoms with van der Waals surface area (Å²) in [6.45, 7) is 4.32. The summed E-state index contributed by atoms with van der Waals surface area (Å²) in [5.74, 6) is -0.287. The molecule has 0 aliphatic carbocycles. The number of rotatable bonds is 35. The lowest BCUT2D eigenvalue weighted by molar-refractivity contribution is -0.870. The molecule has 0 aromatic carbocycles. The quantitative estimate of drug-likeness (QED) is 0.0221. The van der Waals surface area contributed by atoms with Gasteiger partial charge in [-0.25, -0.2) is 4.57 Å². The molecule has 4 atom stereocenters. The summed E-state index contributed by atoms with van der Waals surface area (Å²) in [5, 5.41) is 24.5. The molecule has 0 saturated heterocycles. The summed E-state index contributed by atoms with van der Waals surface area (Å²) >= 11 is 0. The molecule has 0 aliphatic heterocycles. The average molecular weight is 742 g/mol. The molecule has 9 nitrogen and oxygen atoms in total. The molecular formula is C41H78N2O7P+. The number of amides is 1. The van der Waals surface area contributed by atoms with Crippen molar-refractivity contribution >= 4 is 13.7 Å². The number of aliphatic hydroxyl groups excluding tert-OH is 2. The van der Waals surface area contributed by atoms with E-state index in [0.29, 0.717) is 30.3 Å². The van der Waals surface area contributed by atoms with E-state index < -0.39 is 32.7 Å². The zero-order valence-corrected chi connectivity index (χ0v) is 34.1. The number of hydrogen-bond acceptors (Lipinski definition) is 6. The van der Waals surface area contributed by atoms with Crippen LogP contribution in [-0.4, -0.2) is 84.6 Å². The van der Waals surface area contributed by atoms with Crippen LogP contribution < -0.4 is 5.32 Å². The Morgan fingerprint density at radius 1 is 0.706 bits per heavy atom. The van der Waals surface area contributed by atoms with Crippen LogP contribution in [-0.2, 0) is 18.4 Å². The zero-order chi connectivity index (χ0) is 38.1. The second-order valence-corrected chi connectivity index (χ2v) is 16.2. The number of carbonyl (C=O) groups is 1. The summed E-state index contributed by atoms with van der Waals surface area (Å²) in [6, 6.07) is -1.06. The van der Waals surface area contributed by atoms with Crippen molar-refractivity contribution in [1.29, 1.82) is 0 Å². The zero-order valence-electron chi connectivity index (χ0n) is 33.2.